The van der Waals surface area contributed by atoms with Gasteiger partial charge in [0.1, 0.15) is 0 Å². The lowest BCUT2D eigenvalue weighted by molar-refractivity contribution is -0.150. The maximum Gasteiger partial charge on any atom is 0.327 e. The van der Waals surface area contributed by atoms with Gasteiger partial charge in [-0.1, -0.05) is 19.3 Å². The van der Waals surface area contributed by atoms with Crippen LogP contribution < -0.4 is 5.90 Å². The van der Waals surface area contributed by atoms with Crippen LogP contribution in [0.1, 0.15) is 32.1 Å². The molecule has 58 valence electrons. The molecule has 1 aliphatic rings. The molecule has 0 bridgehead atoms. The second-order valence-electron chi connectivity index (χ2n) is 2.77. The van der Waals surface area contributed by atoms with Crippen LogP contribution in [0.4, 0.5) is 0 Å². The van der Waals surface area contributed by atoms with E-state index in [1.807, 2.05) is 0 Å². The predicted molar refractivity (Wildman–Crippen MR) is 36.9 cm³/mol. The van der Waals surface area contributed by atoms with Crippen LogP contribution in [0, 0.1) is 5.92 Å². The standard InChI is InChI=1S/C7H13NO2/c8-10-7(9)6-4-2-1-3-5-6/h6H,1-5,8H2. The average Bonchev–Trinajstić information content (AvgIpc) is 2.05. The van der Waals surface area contributed by atoms with E-state index < -0.39 is 0 Å². The van der Waals surface area contributed by atoms with Crippen LogP contribution in [0.25, 0.3) is 0 Å². The van der Waals surface area contributed by atoms with Gasteiger partial charge in [0.2, 0.25) is 0 Å². The molecule has 1 rings (SSSR count). The van der Waals surface area contributed by atoms with Crippen molar-refractivity contribution < 1.29 is 9.63 Å². The molecular formula is C7H13NO2. The van der Waals surface area contributed by atoms with Crippen LogP contribution in [0.2, 0.25) is 0 Å². The lowest BCUT2D eigenvalue weighted by Crippen LogP contribution is -2.22. The zero-order valence-electron chi connectivity index (χ0n) is 6.01. The summed E-state index contributed by atoms with van der Waals surface area (Å²) in [7, 11) is 0. The molecule has 0 heterocycles. The van der Waals surface area contributed by atoms with Gasteiger partial charge < -0.3 is 4.84 Å². The molecule has 10 heavy (non-hydrogen) atoms. The van der Waals surface area contributed by atoms with Crippen molar-refractivity contribution in [2.45, 2.75) is 32.1 Å². The lowest BCUT2D eigenvalue weighted by atomic mass is 9.89. The third kappa shape index (κ3) is 1.70. The van der Waals surface area contributed by atoms with E-state index >= 15 is 0 Å². The third-order valence-electron chi connectivity index (χ3n) is 2.05. The summed E-state index contributed by atoms with van der Waals surface area (Å²) in [4.78, 5) is 15.0. The molecule has 3 nitrogen and oxygen atoms in total. The highest BCUT2D eigenvalue weighted by molar-refractivity contribution is 5.72. The quantitative estimate of drug-likeness (QED) is 0.557. The average molecular weight is 143 g/mol. The summed E-state index contributed by atoms with van der Waals surface area (Å²) in [6, 6.07) is 0. The van der Waals surface area contributed by atoms with E-state index in [2.05, 4.69) is 4.84 Å². The van der Waals surface area contributed by atoms with Gasteiger partial charge in [0.05, 0.1) is 5.92 Å². The van der Waals surface area contributed by atoms with E-state index in [4.69, 9.17) is 5.90 Å². The Morgan fingerprint density at radius 1 is 1.30 bits per heavy atom. The van der Waals surface area contributed by atoms with E-state index in [9.17, 15) is 4.79 Å². The van der Waals surface area contributed by atoms with E-state index in [-0.39, 0.29) is 11.9 Å². The predicted octanol–water partition coefficient (Wildman–Crippen LogP) is 0.984. The topological polar surface area (TPSA) is 52.3 Å². The van der Waals surface area contributed by atoms with Gasteiger partial charge in [-0.3, -0.25) is 4.79 Å². The fourth-order valence-electron chi connectivity index (χ4n) is 1.43. The first kappa shape index (κ1) is 7.54. The highest BCUT2D eigenvalue weighted by Crippen LogP contribution is 2.23. The second kappa shape index (κ2) is 3.56. The summed E-state index contributed by atoms with van der Waals surface area (Å²) in [5.41, 5.74) is 0. The number of rotatable bonds is 1. The molecule has 0 spiro atoms. The molecule has 0 atom stereocenters. The first-order valence-electron chi connectivity index (χ1n) is 3.75. The Morgan fingerprint density at radius 3 is 2.40 bits per heavy atom. The number of hydrogen-bond acceptors (Lipinski definition) is 3. The summed E-state index contributed by atoms with van der Waals surface area (Å²) in [5, 5.41) is 0. The molecule has 1 fully saturated rings. The zero-order chi connectivity index (χ0) is 7.40. The van der Waals surface area contributed by atoms with Gasteiger partial charge >= 0.3 is 5.97 Å². The summed E-state index contributed by atoms with van der Waals surface area (Å²) in [5.74, 6) is 4.60. The van der Waals surface area contributed by atoms with Crippen LogP contribution in [-0.4, -0.2) is 5.97 Å². The molecule has 1 saturated carbocycles. The van der Waals surface area contributed by atoms with E-state index in [0.717, 1.165) is 25.7 Å². The number of carbonyl (C=O) groups is 1. The number of carbonyl (C=O) groups excluding carboxylic acids is 1. The summed E-state index contributed by atoms with van der Waals surface area (Å²) >= 11 is 0. The molecule has 0 saturated heterocycles. The minimum absolute atomic E-state index is 0.0822. The fraction of sp³-hybridized carbons (Fsp3) is 0.857. The molecule has 0 aromatic heterocycles. The molecule has 0 amide bonds. The Labute approximate surface area is 60.5 Å². The van der Waals surface area contributed by atoms with Gasteiger partial charge in [-0.05, 0) is 12.8 Å². The molecule has 0 unspecified atom stereocenters. The highest BCUT2D eigenvalue weighted by Gasteiger charge is 2.21. The van der Waals surface area contributed by atoms with E-state index in [0.29, 0.717) is 0 Å². The van der Waals surface area contributed by atoms with Crippen LogP contribution >= 0.6 is 0 Å². The van der Waals surface area contributed by atoms with Gasteiger partial charge in [-0.2, -0.15) is 5.90 Å². The van der Waals surface area contributed by atoms with E-state index in [1.165, 1.54) is 6.42 Å². The van der Waals surface area contributed by atoms with Gasteiger partial charge in [-0.15, -0.1) is 0 Å². The Balaban J connectivity index is 2.31. The van der Waals surface area contributed by atoms with Crippen molar-refractivity contribution in [2.24, 2.45) is 11.8 Å². The minimum Gasteiger partial charge on any atom is -0.373 e. The minimum atomic E-state index is -0.236. The van der Waals surface area contributed by atoms with Crippen molar-refractivity contribution in [3.63, 3.8) is 0 Å². The molecule has 1 aliphatic carbocycles. The first-order chi connectivity index (χ1) is 4.84. The SMILES string of the molecule is NOC(=O)C1CCCCC1. The Hall–Kier alpha value is -0.570. The number of nitrogens with two attached hydrogens (primary N) is 1. The molecule has 0 aromatic rings. The molecule has 3 heteroatoms. The Kier molecular flexibility index (Phi) is 2.68. The molecular weight excluding hydrogens is 130 g/mol. The van der Waals surface area contributed by atoms with E-state index in [1.54, 1.807) is 0 Å². The van der Waals surface area contributed by atoms with Crippen molar-refractivity contribution in [3.8, 4) is 0 Å². The van der Waals surface area contributed by atoms with Gasteiger partial charge in [0, 0.05) is 0 Å². The summed E-state index contributed by atoms with van der Waals surface area (Å²) < 4.78 is 0. The smallest absolute Gasteiger partial charge is 0.327 e. The Morgan fingerprint density at radius 2 is 1.90 bits per heavy atom. The summed E-state index contributed by atoms with van der Waals surface area (Å²) in [6.07, 6.45) is 5.43. The van der Waals surface area contributed by atoms with Crippen LogP contribution in [0.5, 0.6) is 0 Å². The number of hydrogen-bond donors (Lipinski definition) is 1. The zero-order valence-corrected chi connectivity index (χ0v) is 6.01. The van der Waals surface area contributed by atoms with Crippen LogP contribution in [-0.2, 0) is 9.63 Å². The first-order valence-corrected chi connectivity index (χ1v) is 3.75. The molecule has 0 aliphatic heterocycles. The fourth-order valence-corrected chi connectivity index (χ4v) is 1.43. The molecule has 2 N–H and O–H groups in total. The molecule has 0 radical (unpaired) electrons. The van der Waals surface area contributed by atoms with Crippen molar-refractivity contribution in [1.82, 2.24) is 0 Å². The van der Waals surface area contributed by atoms with Gasteiger partial charge in [0.25, 0.3) is 0 Å². The Bertz CT molecular complexity index is 119. The van der Waals surface area contributed by atoms with Crippen molar-refractivity contribution in [3.05, 3.63) is 0 Å². The van der Waals surface area contributed by atoms with Gasteiger partial charge in [-0.25, -0.2) is 0 Å². The maximum atomic E-state index is 10.8. The van der Waals surface area contributed by atoms with Crippen molar-refractivity contribution in [1.29, 1.82) is 0 Å². The summed E-state index contributed by atoms with van der Waals surface area (Å²) in [6.45, 7) is 0. The lowest BCUT2D eigenvalue weighted by Gasteiger charge is -2.17. The van der Waals surface area contributed by atoms with Crippen LogP contribution in [0.15, 0.2) is 0 Å². The van der Waals surface area contributed by atoms with Crippen LogP contribution in [0.3, 0.4) is 0 Å². The second-order valence-corrected chi connectivity index (χ2v) is 2.77. The normalized spacial score (nSPS) is 20.5. The third-order valence-corrected chi connectivity index (χ3v) is 2.05. The van der Waals surface area contributed by atoms with Crippen molar-refractivity contribution in [2.75, 3.05) is 0 Å². The largest absolute Gasteiger partial charge is 0.373 e. The van der Waals surface area contributed by atoms with Crippen molar-refractivity contribution >= 4 is 5.97 Å². The van der Waals surface area contributed by atoms with Gasteiger partial charge in [0.15, 0.2) is 0 Å². The highest BCUT2D eigenvalue weighted by atomic mass is 16.7. The maximum absolute atomic E-state index is 10.8. The molecule has 0 aromatic carbocycles. The monoisotopic (exact) mass is 143 g/mol.